The normalized spacial score (nSPS) is 19.7. The van der Waals surface area contributed by atoms with Crippen molar-refractivity contribution in [1.82, 2.24) is 15.2 Å². The number of carbonyl (C=O) groups is 1. The van der Waals surface area contributed by atoms with Crippen LogP contribution in [0.4, 0.5) is 4.79 Å². The molecule has 1 fully saturated rings. The van der Waals surface area contributed by atoms with Gasteiger partial charge in [0.25, 0.3) is 0 Å². The van der Waals surface area contributed by atoms with E-state index in [1.807, 2.05) is 19.1 Å². The Morgan fingerprint density at radius 2 is 2.11 bits per heavy atom. The Morgan fingerprint density at radius 1 is 1.42 bits per heavy atom. The van der Waals surface area contributed by atoms with Gasteiger partial charge in [0.1, 0.15) is 0 Å². The van der Waals surface area contributed by atoms with Crippen molar-refractivity contribution in [2.45, 2.75) is 13.0 Å². The highest BCUT2D eigenvalue weighted by Gasteiger charge is 2.25. The van der Waals surface area contributed by atoms with E-state index in [4.69, 9.17) is 0 Å². The lowest BCUT2D eigenvalue weighted by Crippen LogP contribution is -2.48. The number of aromatic nitrogens is 1. The second kappa shape index (κ2) is 5.56. The molecule has 0 saturated carbocycles. The summed E-state index contributed by atoms with van der Waals surface area (Å²) < 4.78 is 22.6. The van der Waals surface area contributed by atoms with E-state index >= 15 is 0 Å². The molecule has 1 aliphatic rings. The summed E-state index contributed by atoms with van der Waals surface area (Å²) in [6.07, 6.45) is 3.37. The van der Waals surface area contributed by atoms with Crippen LogP contribution >= 0.6 is 0 Å². The maximum Gasteiger partial charge on any atom is 0.317 e. The Bertz CT molecular complexity index is 531. The van der Waals surface area contributed by atoms with Gasteiger partial charge in [-0.05, 0) is 18.6 Å². The highest BCUT2D eigenvalue weighted by atomic mass is 32.2. The molecule has 1 aromatic heterocycles. The van der Waals surface area contributed by atoms with E-state index < -0.39 is 9.84 Å². The second-order valence-corrected chi connectivity index (χ2v) is 6.90. The molecule has 1 aromatic rings. The van der Waals surface area contributed by atoms with Crippen molar-refractivity contribution in [1.29, 1.82) is 0 Å². The van der Waals surface area contributed by atoms with Gasteiger partial charge in [-0.2, -0.15) is 0 Å². The van der Waals surface area contributed by atoms with Gasteiger partial charge in [-0.15, -0.1) is 0 Å². The molecule has 104 valence electrons. The summed E-state index contributed by atoms with van der Waals surface area (Å²) in [5.74, 6) is 0.0867. The van der Waals surface area contributed by atoms with Gasteiger partial charge in [-0.3, -0.25) is 4.98 Å². The number of amides is 2. The van der Waals surface area contributed by atoms with Crippen LogP contribution < -0.4 is 5.32 Å². The number of rotatable bonds is 2. The van der Waals surface area contributed by atoms with Gasteiger partial charge in [0, 0.05) is 25.5 Å². The van der Waals surface area contributed by atoms with Crippen LogP contribution in [0.5, 0.6) is 0 Å². The molecular weight excluding hydrogens is 266 g/mol. The van der Waals surface area contributed by atoms with Crippen LogP contribution in [-0.2, 0) is 9.84 Å². The average Bonchev–Trinajstić information content (AvgIpc) is 2.39. The zero-order valence-corrected chi connectivity index (χ0v) is 11.6. The van der Waals surface area contributed by atoms with Gasteiger partial charge in [-0.1, -0.05) is 6.07 Å². The fourth-order valence-electron chi connectivity index (χ4n) is 1.91. The van der Waals surface area contributed by atoms with Crippen molar-refractivity contribution in [3.05, 3.63) is 30.1 Å². The molecule has 0 spiro atoms. The Balaban J connectivity index is 1.91. The topological polar surface area (TPSA) is 79.4 Å². The van der Waals surface area contributed by atoms with Crippen LogP contribution in [0.25, 0.3) is 0 Å². The molecule has 1 atom stereocenters. The van der Waals surface area contributed by atoms with Crippen molar-refractivity contribution in [2.24, 2.45) is 0 Å². The summed E-state index contributed by atoms with van der Waals surface area (Å²) in [7, 11) is -2.96. The Morgan fingerprint density at radius 3 is 2.68 bits per heavy atom. The van der Waals surface area contributed by atoms with Crippen LogP contribution in [0.15, 0.2) is 24.5 Å². The fraction of sp³-hybridized carbons (Fsp3) is 0.500. The second-order valence-electron chi connectivity index (χ2n) is 4.60. The monoisotopic (exact) mass is 283 g/mol. The van der Waals surface area contributed by atoms with E-state index in [0.29, 0.717) is 0 Å². The first kappa shape index (κ1) is 13.8. The molecule has 1 N–H and O–H groups in total. The Kier molecular flexibility index (Phi) is 4.04. The maximum absolute atomic E-state index is 12.0. The smallest absolute Gasteiger partial charge is 0.317 e. The quantitative estimate of drug-likeness (QED) is 0.861. The number of nitrogens with one attached hydrogen (secondary N) is 1. The highest BCUT2D eigenvalue weighted by molar-refractivity contribution is 7.91. The molecule has 1 saturated heterocycles. The van der Waals surface area contributed by atoms with Crippen LogP contribution in [0.1, 0.15) is 18.5 Å². The number of hydrogen-bond donors (Lipinski definition) is 1. The largest absolute Gasteiger partial charge is 0.331 e. The number of pyridine rings is 1. The van der Waals surface area contributed by atoms with Crippen molar-refractivity contribution in [3.8, 4) is 0 Å². The third kappa shape index (κ3) is 3.66. The first-order chi connectivity index (χ1) is 8.98. The molecule has 2 amide bonds. The molecule has 6 nitrogen and oxygen atoms in total. The predicted octanol–water partition coefficient (Wildman–Crippen LogP) is 0.583. The number of nitrogens with zero attached hydrogens (tertiary/aromatic N) is 2. The van der Waals surface area contributed by atoms with Crippen molar-refractivity contribution < 1.29 is 13.2 Å². The molecule has 1 aliphatic heterocycles. The van der Waals surface area contributed by atoms with Crippen molar-refractivity contribution >= 4 is 15.9 Å². The van der Waals surface area contributed by atoms with Crippen LogP contribution in [0.3, 0.4) is 0 Å². The van der Waals surface area contributed by atoms with Crippen LogP contribution in [-0.4, -0.2) is 48.9 Å². The minimum Gasteiger partial charge on any atom is -0.331 e. The van der Waals surface area contributed by atoms with Gasteiger partial charge in [0.15, 0.2) is 9.84 Å². The lowest BCUT2D eigenvalue weighted by molar-refractivity contribution is 0.199. The zero-order valence-electron chi connectivity index (χ0n) is 10.7. The first-order valence-electron chi connectivity index (χ1n) is 6.14. The molecular formula is C12H17N3O3S. The van der Waals surface area contributed by atoms with Crippen molar-refractivity contribution in [2.75, 3.05) is 24.6 Å². The summed E-state index contributed by atoms with van der Waals surface area (Å²) in [6.45, 7) is 2.39. The lowest BCUT2D eigenvalue weighted by Gasteiger charge is -2.28. The summed E-state index contributed by atoms with van der Waals surface area (Å²) in [4.78, 5) is 17.5. The molecule has 2 heterocycles. The standard InChI is InChI=1S/C12H17N3O3S/c1-10(11-3-2-4-13-9-11)14-12(16)15-5-7-19(17,18)8-6-15/h2-4,9-10H,5-8H2,1H3,(H,14,16). The lowest BCUT2D eigenvalue weighted by atomic mass is 10.1. The van der Waals surface area contributed by atoms with Crippen LogP contribution in [0.2, 0.25) is 0 Å². The van der Waals surface area contributed by atoms with E-state index in [1.165, 1.54) is 4.90 Å². The van der Waals surface area contributed by atoms with Gasteiger partial charge in [-0.25, -0.2) is 13.2 Å². The summed E-state index contributed by atoms with van der Waals surface area (Å²) in [6, 6.07) is 3.32. The SMILES string of the molecule is CC(NC(=O)N1CCS(=O)(=O)CC1)c1cccnc1. The highest BCUT2D eigenvalue weighted by Crippen LogP contribution is 2.11. The number of hydrogen-bond acceptors (Lipinski definition) is 4. The molecule has 1 unspecified atom stereocenters. The Hall–Kier alpha value is -1.63. The summed E-state index contributed by atoms with van der Waals surface area (Å²) >= 11 is 0. The van der Waals surface area contributed by atoms with Gasteiger partial charge >= 0.3 is 6.03 Å². The summed E-state index contributed by atoms with van der Waals surface area (Å²) in [5.41, 5.74) is 0.917. The maximum atomic E-state index is 12.0. The summed E-state index contributed by atoms with van der Waals surface area (Å²) in [5, 5.41) is 2.85. The van der Waals surface area contributed by atoms with E-state index in [9.17, 15) is 13.2 Å². The number of carbonyl (C=O) groups excluding carboxylic acids is 1. The number of sulfone groups is 1. The average molecular weight is 283 g/mol. The van der Waals surface area contributed by atoms with Gasteiger partial charge in [0.05, 0.1) is 17.5 Å². The molecule has 0 aromatic carbocycles. The predicted molar refractivity (Wildman–Crippen MR) is 71.4 cm³/mol. The number of urea groups is 1. The molecule has 0 aliphatic carbocycles. The molecule has 0 radical (unpaired) electrons. The third-order valence-corrected chi connectivity index (χ3v) is 4.77. The van der Waals surface area contributed by atoms with E-state index in [1.54, 1.807) is 12.4 Å². The minimum atomic E-state index is -2.96. The molecule has 19 heavy (non-hydrogen) atoms. The van der Waals surface area contributed by atoms with E-state index in [2.05, 4.69) is 10.3 Å². The Labute approximate surface area is 112 Å². The fourth-order valence-corrected chi connectivity index (χ4v) is 3.11. The van der Waals surface area contributed by atoms with Gasteiger partial charge < -0.3 is 10.2 Å². The minimum absolute atomic E-state index is 0.0433. The molecule has 0 bridgehead atoms. The first-order valence-corrected chi connectivity index (χ1v) is 7.96. The van der Waals surface area contributed by atoms with E-state index in [-0.39, 0.29) is 36.7 Å². The van der Waals surface area contributed by atoms with Gasteiger partial charge in [0.2, 0.25) is 0 Å². The van der Waals surface area contributed by atoms with Crippen molar-refractivity contribution in [3.63, 3.8) is 0 Å². The molecule has 2 rings (SSSR count). The zero-order chi connectivity index (χ0) is 13.9. The van der Waals surface area contributed by atoms with E-state index in [0.717, 1.165) is 5.56 Å². The van der Waals surface area contributed by atoms with Crippen LogP contribution in [0, 0.1) is 0 Å². The molecule has 7 heteroatoms. The third-order valence-electron chi connectivity index (χ3n) is 3.16.